The summed E-state index contributed by atoms with van der Waals surface area (Å²) in [6.07, 6.45) is -2.98. The summed E-state index contributed by atoms with van der Waals surface area (Å²) in [5.74, 6) is -0.142. The number of rotatable bonds is 7. The van der Waals surface area contributed by atoms with Crippen molar-refractivity contribution in [1.29, 1.82) is 0 Å². The van der Waals surface area contributed by atoms with Crippen molar-refractivity contribution in [1.82, 2.24) is 20.3 Å². The molecule has 1 atom stereocenters. The van der Waals surface area contributed by atoms with Gasteiger partial charge >= 0.3 is 6.18 Å². The molecule has 0 radical (unpaired) electrons. The molecule has 0 saturated heterocycles. The molecule has 8 nitrogen and oxygen atoms in total. The lowest BCUT2D eigenvalue weighted by Crippen LogP contribution is -2.28. The number of anilines is 1. The molecule has 1 aliphatic heterocycles. The molecule has 3 aromatic rings. The zero-order valence-corrected chi connectivity index (χ0v) is 21.3. The minimum absolute atomic E-state index is 0.0115. The average Bonchev–Trinajstić information content (AvgIpc) is 3.40. The molecule has 192 valence electrons. The number of thiazole rings is 1. The molecule has 0 spiro atoms. The summed E-state index contributed by atoms with van der Waals surface area (Å²) >= 11 is 1.22. The number of alkyl halides is 3. The molecule has 0 unspecified atom stereocenters. The summed E-state index contributed by atoms with van der Waals surface area (Å²) in [7, 11) is -3.29. The number of carbonyl (C=O) groups is 1. The van der Waals surface area contributed by atoms with E-state index in [4.69, 9.17) is 0 Å². The predicted octanol–water partition coefficient (Wildman–Crippen LogP) is 4.39. The van der Waals surface area contributed by atoms with Gasteiger partial charge in [-0.2, -0.15) is 13.2 Å². The Kier molecular flexibility index (Phi) is 7.06. The standard InChI is InChI=1S/C23H24F3N5O3S2/c1-4-36(33,34)16-7-5-14(6-8-16)9-27-20(32)21-30-18-17(35-21)12-31(19(18)13(2)3)22-28-10-15(11-29-22)23(24,25)26/h5-8,10-11,13,19H,4,9,12H2,1-3H3,(H,27,32)/t19-/m0/s1. The van der Waals surface area contributed by atoms with Crippen LogP contribution in [0, 0.1) is 5.92 Å². The van der Waals surface area contributed by atoms with E-state index >= 15 is 0 Å². The fourth-order valence-corrected chi connectivity index (χ4v) is 5.83. The summed E-state index contributed by atoms with van der Waals surface area (Å²) in [6, 6.07) is 6.05. The van der Waals surface area contributed by atoms with Gasteiger partial charge in [0.05, 0.1) is 39.4 Å². The van der Waals surface area contributed by atoms with Gasteiger partial charge in [-0.25, -0.2) is 23.4 Å². The highest BCUT2D eigenvalue weighted by atomic mass is 32.2. The molecule has 0 aliphatic carbocycles. The van der Waals surface area contributed by atoms with Gasteiger partial charge in [-0.15, -0.1) is 11.3 Å². The van der Waals surface area contributed by atoms with Gasteiger partial charge in [0.2, 0.25) is 5.95 Å². The Bertz CT molecular complexity index is 1360. The lowest BCUT2D eigenvalue weighted by atomic mass is 10.0. The largest absolute Gasteiger partial charge is 0.419 e. The first kappa shape index (κ1) is 26.0. The van der Waals surface area contributed by atoms with Crippen molar-refractivity contribution in [2.24, 2.45) is 5.92 Å². The van der Waals surface area contributed by atoms with Crippen LogP contribution in [0.15, 0.2) is 41.6 Å². The van der Waals surface area contributed by atoms with Crippen molar-refractivity contribution in [3.8, 4) is 0 Å². The highest BCUT2D eigenvalue weighted by molar-refractivity contribution is 7.91. The van der Waals surface area contributed by atoms with Gasteiger partial charge in [0.15, 0.2) is 14.8 Å². The second-order valence-electron chi connectivity index (χ2n) is 8.64. The van der Waals surface area contributed by atoms with Crippen molar-refractivity contribution < 1.29 is 26.4 Å². The van der Waals surface area contributed by atoms with Crippen LogP contribution in [-0.2, 0) is 29.1 Å². The van der Waals surface area contributed by atoms with Crippen LogP contribution in [0.1, 0.15) is 58.3 Å². The minimum atomic E-state index is -4.52. The summed E-state index contributed by atoms with van der Waals surface area (Å²) < 4.78 is 62.5. The number of benzene rings is 1. The van der Waals surface area contributed by atoms with Crippen LogP contribution in [-0.4, -0.2) is 35.0 Å². The first-order valence-corrected chi connectivity index (χ1v) is 13.6. The number of hydrogen-bond donors (Lipinski definition) is 1. The highest BCUT2D eigenvalue weighted by Crippen LogP contribution is 2.42. The zero-order chi connectivity index (χ0) is 26.3. The second-order valence-corrected chi connectivity index (χ2v) is 12.0. The second kappa shape index (κ2) is 9.77. The van der Waals surface area contributed by atoms with Gasteiger partial charge in [-0.1, -0.05) is 32.9 Å². The molecule has 1 N–H and O–H groups in total. The van der Waals surface area contributed by atoms with Crippen molar-refractivity contribution in [2.75, 3.05) is 10.7 Å². The first-order chi connectivity index (χ1) is 16.9. The Morgan fingerprint density at radius 3 is 2.39 bits per heavy atom. The van der Waals surface area contributed by atoms with Gasteiger partial charge in [0.25, 0.3) is 5.91 Å². The average molecular weight is 540 g/mol. The molecule has 0 saturated carbocycles. The zero-order valence-electron chi connectivity index (χ0n) is 19.7. The number of aromatic nitrogens is 3. The van der Waals surface area contributed by atoms with Crippen molar-refractivity contribution in [3.05, 3.63) is 63.4 Å². The van der Waals surface area contributed by atoms with Crippen molar-refractivity contribution in [2.45, 2.75) is 51.0 Å². The molecule has 4 rings (SSSR count). The maximum absolute atomic E-state index is 12.9. The van der Waals surface area contributed by atoms with E-state index in [-0.39, 0.29) is 46.0 Å². The van der Waals surface area contributed by atoms with E-state index in [1.165, 1.54) is 23.5 Å². The van der Waals surface area contributed by atoms with Crippen LogP contribution < -0.4 is 10.2 Å². The van der Waals surface area contributed by atoms with Crippen LogP contribution in [0.4, 0.5) is 19.1 Å². The first-order valence-electron chi connectivity index (χ1n) is 11.2. The van der Waals surface area contributed by atoms with E-state index in [1.54, 1.807) is 24.0 Å². The lowest BCUT2D eigenvalue weighted by Gasteiger charge is -2.27. The van der Waals surface area contributed by atoms with E-state index in [2.05, 4.69) is 20.3 Å². The maximum Gasteiger partial charge on any atom is 0.419 e. The van der Waals surface area contributed by atoms with Crippen LogP contribution in [0.5, 0.6) is 0 Å². The summed E-state index contributed by atoms with van der Waals surface area (Å²) in [4.78, 5) is 28.0. The Morgan fingerprint density at radius 1 is 1.19 bits per heavy atom. The maximum atomic E-state index is 12.9. The van der Waals surface area contributed by atoms with E-state index in [1.807, 2.05) is 13.8 Å². The Labute approximate surface area is 210 Å². The topological polar surface area (TPSA) is 105 Å². The molecule has 13 heteroatoms. The Balaban J connectivity index is 1.46. The van der Waals surface area contributed by atoms with Crippen LogP contribution in [0.3, 0.4) is 0 Å². The number of halogens is 3. The number of nitrogens with one attached hydrogen (secondary N) is 1. The lowest BCUT2D eigenvalue weighted by molar-refractivity contribution is -0.138. The number of sulfone groups is 1. The van der Waals surface area contributed by atoms with E-state index in [0.717, 1.165) is 22.8 Å². The SMILES string of the molecule is CCS(=O)(=O)c1ccc(CNC(=O)c2nc3c(s2)CN(c2ncc(C(F)(F)F)cn2)[C@H]3C(C)C)cc1. The molecular formula is C23H24F3N5O3S2. The minimum Gasteiger partial charge on any atom is -0.346 e. The summed E-state index contributed by atoms with van der Waals surface area (Å²) in [5.41, 5.74) is 0.519. The van der Waals surface area contributed by atoms with E-state index in [9.17, 15) is 26.4 Å². The number of fused-ring (bicyclic) bond motifs is 1. The van der Waals surface area contributed by atoms with E-state index in [0.29, 0.717) is 12.2 Å². The molecule has 0 bridgehead atoms. The van der Waals surface area contributed by atoms with Crippen LogP contribution >= 0.6 is 11.3 Å². The van der Waals surface area contributed by atoms with Crippen LogP contribution in [0.25, 0.3) is 0 Å². The fraction of sp³-hybridized carbons (Fsp3) is 0.391. The van der Waals surface area contributed by atoms with Crippen molar-refractivity contribution in [3.63, 3.8) is 0 Å². The molecule has 2 aromatic heterocycles. The third-order valence-electron chi connectivity index (χ3n) is 5.82. The third-order valence-corrected chi connectivity index (χ3v) is 8.63. The highest BCUT2D eigenvalue weighted by Gasteiger charge is 2.39. The van der Waals surface area contributed by atoms with Gasteiger partial charge in [-0.3, -0.25) is 4.79 Å². The third kappa shape index (κ3) is 5.21. The predicted molar refractivity (Wildman–Crippen MR) is 128 cm³/mol. The summed E-state index contributed by atoms with van der Waals surface area (Å²) in [5, 5.41) is 3.08. The number of nitrogens with zero attached hydrogens (tertiary/aromatic N) is 4. The monoisotopic (exact) mass is 539 g/mol. The molecule has 0 fully saturated rings. The molecule has 1 aliphatic rings. The molecule has 1 aromatic carbocycles. The molecule has 1 amide bonds. The smallest absolute Gasteiger partial charge is 0.346 e. The number of hydrogen-bond acceptors (Lipinski definition) is 8. The molecule has 3 heterocycles. The normalized spacial score (nSPS) is 15.9. The van der Waals surface area contributed by atoms with E-state index < -0.39 is 21.6 Å². The quantitative estimate of drug-likeness (QED) is 0.475. The number of carbonyl (C=O) groups excluding carboxylic acids is 1. The van der Waals surface area contributed by atoms with Crippen LogP contribution in [0.2, 0.25) is 0 Å². The van der Waals surface area contributed by atoms with Gasteiger partial charge in [0, 0.05) is 18.9 Å². The summed E-state index contributed by atoms with van der Waals surface area (Å²) in [6.45, 7) is 6.03. The molecular weight excluding hydrogens is 515 g/mol. The molecule has 36 heavy (non-hydrogen) atoms. The number of amides is 1. The van der Waals surface area contributed by atoms with Gasteiger partial charge in [-0.05, 0) is 23.6 Å². The van der Waals surface area contributed by atoms with Gasteiger partial charge < -0.3 is 10.2 Å². The Hall–Kier alpha value is -3.06. The Morgan fingerprint density at radius 2 is 1.83 bits per heavy atom. The fourth-order valence-electron chi connectivity index (χ4n) is 3.93. The van der Waals surface area contributed by atoms with Gasteiger partial charge in [0.1, 0.15) is 0 Å². The van der Waals surface area contributed by atoms with Crippen molar-refractivity contribution >= 4 is 33.0 Å².